The summed E-state index contributed by atoms with van der Waals surface area (Å²) in [7, 11) is 0. The Balaban J connectivity index is -0.000000325. The van der Waals surface area contributed by atoms with E-state index in [9.17, 15) is 19.2 Å². The van der Waals surface area contributed by atoms with Crippen molar-refractivity contribution in [2.24, 2.45) is 5.41 Å². The van der Waals surface area contributed by atoms with E-state index in [1.54, 1.807) is 32.9 Å². The summed E-state index contributed by atoms with van der Waals surface area (Å²) in [6.07, 6.45) is -0.600. The summed E-state index contributed by atoms with van der Waals surface area (Å²) in [5, 5.41) is 0. The van der Waals surface area contributed by atoms with Crippen molar-refractivity contribution in [1.29, 1.82) is 0 Å². The predicted molar refractivity (Wildman–Crippen MR) is 189 cm³/mol. The fourth-order valence-electron chi connectivity index (χ4n) is 4.54. The number of thioether (sulfide) groups is 2. The van der Waals surface area contributed by atoms with Crippen LogP contribution < -0.4 is 0 Å². The van der Waals surface area contributed by atoms with Gasteiger partial charge in [0.15, 0.2) is 18.3 Å². The van der Waals surface area contributed by atoms with Gasteiger partial charge in [0.1, 0.15) is 18.3 Å². The van der Waals surface area contributed by atoms with E-state index in [1.165, 1.54) is 20.8 Å². The van der Waals surface area contributed by atoms with Gasteiger partial charge in [-0.3, -0.25) is 19.2 Å². The number of hydrogen-bond donors (Lipinski definition) is 0. The molecule has 1 fully saturated rings. The van der Waals surface area contributed by atoms with Crippen LogP contribution in [0.25, 0.3) is 0 Å². The van der Waals surface area contributed by atoms with Crippen molar-refractivity contribution in [3.05, 3.63) is 52.1 Å². The maximum absolute atomic E-state index is 12.2. The summed E-state index contributed by atoms with van der Waals surface area (Å²) in [5.41, 5.74) is -0.621. The summed E-state index contributed by atoms with van der Waals surface area (Å²) in [4.78, 5) is 48.6. The Morgan fingerprint density at radius 1 is 0.719 bits per heavy atom. The predicted octanol–water partition coefficient (Wildman–Crippen LogP) is 4.24. The third-order valence-electron chi connectivity index (χ3n) is 6.39. The molecule has 2 aliphatic heterocycles. The fraction of sp³-hybridized carbons (Fsp3) is 0.622. The van der Waals surface area contributed by atoms with Crippen LogP contribution in [0, 0.1) is 57.2 Å². The van der Waals surface area contributed by atoms with Crippen LogP contribution in [0.2, 0.25) is 0 Å². The van der Waals surface area contributed by atoms with Crippen LogP contribution in [0.15, 0.2) is 12.2 Å². The van der Waals surface area contributed by atoms with Gasteiger partial charge in [-0.25, -0.2) is 0 Å². The topological polar surface area (TPSA) is 243 Å². The van der Waals surface area contributed by atoms with E-state index in [0.717, 1.165) is 17.9 Å². The summed E-state index contributed by atoms with van der Waals surface area (Å²) >= 11 is 3.67. The van der Waals surface area contributed by atoms with Gasteiger partial charge in [-0.2, -0.15) is 0 Å². The SMILES string of the molecule is CCSC(CC[C@H]1O[C@@H](CC#C[C@H]2C=C[C@H](OC(=O)C(C)(C)C)CO2)[C@H](OC(C)=O)[C@@H](OC(C)=O)[C@@H]1OC(C)=O)SCC.[C-]#[O+].[C-]#[O+].[C-]#[O+].[C-]#[O+].[C-]#[O+].[C-]#[O+].[Co].[Co]. The summed E-state index contributed by atoms with van der Waals surface area (Å²) in [6, 6.07) is 0. The molecule has 0 aromatic heterocycles. The van der Waals surface area contributed by atoms with Crippen molar-refractivity contribution < 1.29 is 109 Å². The molecule has 0 aromatic rings. The molecule has 0 spiro atoms. The van der Waals surface area contributed by atoms with Gasteiger partial charge < -0.3 is 28.4 Å². The molecule has 0 saturated carbocycles. The number of hydrogen-bond acceptors (Lipinski definition) is 12. The smallest absolute Gasteiger partial charge is 0 e. The Kier molecular flexibility index (Phi) is 53.6. The van der Waals surface area contributed by atoms with E-state index in [1.807, 2.05) is 23.5 Å². The van der Waals surface area contributed by atoms with Gasteiger partial charge in [0, 0.05) is 60.7 Å². The molecule has 20 heteroatoms. The van der Waals surface area contributed by atoms with E-state index in [4.69, 9.17) is 56.3 Å². The van der Waals surface area contributed by atoms with Crippen molar-refractivity contribution in [2.45, 2.75) is 122 Å². The number of carbonyl (C=O) groups excluding carboxylic acids is 4. The quantitative estimate of drug-likeness (QED) is 0.0508. The van der Waals surface area contributed by atoms with Crippen molar-refractivity contribution in [3.8, 4) is 11.8 Å². The van der Waals surface area contributed by atoms with E-state index in [2.05, 4.69) is 65.6 Å². The second-order valence-corrected chi connectivity index (χ2v) is 14.5. The molecule has 16 nitrogen and oxygen atoms in total. The minimum absolute atomic E-state index is 0. The van der Waals surface area contributed by atoms with Crippen molar-refractivity contribution in [3.63, 3.8) is 0 Å². The van der Waals surface area contributed by atoms with Crippen molar-refractivity contribution in [2.75, 3.05) is 18.1 Å². The van der Waals surface area contributed by atoms with Crippen molar-refractivity contribution in [1.82, 2.24) is 0 Å². The first kappa shape index (κ1) is 68.9. The van der Waals surface area contributed by atoms with Gasteiger partial charge in [0.25, 0.3) is 0 Å². The fourth-order valence-corrected chi connectivity index (χ4v) is 7.09. The first-order valence-electron chi connectivity index (χ1n) is 15.9. The van der Waals surface area contributed by atoms with Gasteiger partial charge in [0.05, 0.1) is 22.7 Å². The maximum Gasteiger partial charge on any atom is 0 e. The molecule has 320 valence electrons. The zero-order valence-corrected chi connectivity index (χ0v) is 36.2. The van der Waals surface area contributed by atoms with Gasteiger partial charge in [-0.05, 0) is 57.3 Å². The molecular weight excluding hydrogens is 882 g/mol. The monoisotopic (exact) mass is 928 g/mol. The molecular formula is C37H46Co2O16S2. The molecule has 0 aliphatic carbocycles. The Bertz CT molecular complexity index is 1280. The van der Waals surface area contributed by atoms with Crippen LogP contribution in [-0.2, 0) is 109 Å². The van der Waals surface area contributed by atoms with Gasteiger partial charge >= 0.3 is 91.7 Å². The second kappa shape index (κ2) is 44.4. The molecule has 2 heterocycles. The maximum atomic E-state index is 12.2. The number of rotatable bonds is 12. The molecule has 2 rings (SSSR count). The van der Waals surface area contributed by atoms with Gasteiger partial charge in [-0.1, -0.05) is 25.7 Å². The van der Waals surface area contributed by atoms with E-state index in [0.29, 0.717) is 11.0 Å². The molecule has 0 aromatic carbocycles. The minimum atomic E-state index is -1.07. The second-order valence-electron chi connectivity index (χ2n) is 11.2. The third kappa shape index (κ3) is 31.9. The number of ether oxygens (including phenoxy) is 6. The Hall–Kier alpha value is -2.75. The van der Waals surface area contributed by atoms with Crippen LogP contribution in [0.4, 0.5) is 0 Å². The van der Waals surface area contributed by atoms with Crippen LogP contribution in [0.1, 0.15) is 74.7 Å². The van der Waals surface area contributed by atoms with Gasteiger partial charge in [0.2, 0.25) is 0 Å². The molecule has 57 heavy (non-hydrogen) atoms. The van der Waals surface area contributed by atoms with E-state index in [-0.39, 0.29) is 52.6 Å². The first-order chi connectivity index (χ1) is 26.2. The minimum Gasteiger partial charge on any atom is 0 e. The molecule has 7 atom stereocenters. The van der Waals surface area contributed by atoms with Crippen molar-refractivity contribution >= 4 is 47.4 Å². The molecule has 0 amide bonds. The molecule has 1 saturated heterocycles. The normalized spacial score (nSPS) is 20.6. The van der Waals surface area contributed by atoms with Crippen LogP contribution in [-0.4, -0.2) is 89.3 Å². The zero-order chi connectivity index (χ0) is 44.2. The average molecular weight is 929 g/mol. The third-order valence-corrected chi connectivity index (χ3v) is 9.09. The molecule has 2 radical (unpaired) electrons. The Morgan fingerprint density at radius 3 is 1.51 bits per heavy atom. The van der Waals surface area contributed by atoms with Crippen LogP contribution >= 0.6 is 23.5 Å². The van der Waals surface area contributed by atoms with Crippen LogP contribution in [0.3, 0.4) is 0 Å². The van der Waals surface area contributed by atoms with E-state index >= 15 is 0 Å². The molecule has 2 aliphatic rings. The Morgan fingerprint density at radius 2 is 1.14 bits per heavy atom. The Labute approximate surface area is 364 Å². The summed E-state index contributed by atoms with van der Waals surface area (Å²) in [6.45, 7) is 40.5. The van der Waals surface area contributed by atoms with E-state index < -0.39 is 66.1 Å². The zero-order valence-electron chi connectivity index (χ0n) is 32.5. The molecule has 0 N–H and O–H groups in total. The molecule has 0 unspecified atom stereocenters. The largest absolute Gasteiger partial charge is 0 e. The summed E-state index contributed by atoms with van der Waals surface area (Å²) < 4.78 is 79.8. The first-order valence-corrected chi connectivity index (χ1v) is 18.0. The number of esters is 4. The standard InChI is InChI=1S/C31H46O10S2.6CO.2Co/c1-9-42-26(43-10-2)17-16-25-28(38-20(4)33)29(39-21(5)34)27(37-19(3)32)24(41-25)13-11-12-22-14-15-23(18-36-22)40-30(35)31(6,7)8;6*1-2;;/h14-15,22-29H,9-10,13,16-18H2,1-8H3;;;;;;;;/t22-,23-,24-,25+,27-,28+,29+;;;;;;;;/m0......../s1. The molecule has 0 bridgehead atoms. The van der Waals surface area contributed by atoms with Gasteiger partial charge in [-0.15, -0.1) is 23.5 Å². The van der Waals surface area contributed by atoms with Crippen LogP contribution in [0.5, 0.6) is 0 Å². The summed E-state index contributed by atoms with van der Waals surface area (Å²) in [5.74, 6) is 5.90. The average Bonchev–Trinajstić information content (AvgIpc) is 3.18. The number of carbonyl (C=O) groups is 4.